The number of anilines is 1. The van der Waals surface area contributed by atoms with E-state index in [2.05, 4.69) is 15.7 Å². The third-order valence-electron chi connectivity index (χ3n) is 3.72. The van der Waals surface area contributed by atoms with Crippen LogP contribution in [-0.4, -0.2) is 34.7 Å². The molecule has 1 aromatic carbocycles. The van der Waals surface area contributed by atoms with E-state index in [9.17, 15) is 9.59 Å². The molecule has 1 aromatic heterocycles. The van der Waals surface area contributed by atoms with Crippen molar-refractivity contribution in [2.45, 2.75) is 32.1 Å². The predicted octanol–water partition coefficient (Wildman–Crippen LogP) is 2.26. The summed E-state index contributed by atoms with van der Waals surface area (Å²) in [5, 5.41) is 9.54. The highest BCUT2D eigenvalue weighted by Gasteiger charge is 2.06. The molecule has 142 valence electrons. The summed E-state index contributed by atoms with van der Waals surface area (Å²) >= 11 is 0. The van der Waals surface area contributed by atoms with Gasteiger partial charge in [0.05, 0.1) is 12.2 Å². The first-order chi connectivity index (χ1) is 12.2. The number of halogens is 1. The van der Waals surface area contributed by atoms with Gasteiger partial charge in [-0.3, -0.25) is 9.59 Å². The SMILES string of the molecule is Cl.NCCCCCCC(=O)NCC(=O)Nc1ccc(-n2cccn2)cc1. The van der Waals surface area contributed by atoms with Crippen LogP contribution < -0.4 is 16.4 Å². The van der Waals surface area contributed by atoms with Gasteiger partial charge in [-0.05, 0) is 49.7 Å². The van der Waals surface area contributed by atoms with Gasteiger partial charge >= 0.3 is 0 Å². The second kappa shape index (κ2) is 12.1. The molecule has 0 aliphatic heterocycles. The molecule has 0 aliphatic carbocycles. The summed E-state index contributed by atoms with van der Waals surface area (Å²) in [7, 11) is 0. The molecule has 0 unspecified atom stereocenters. The maximum absolute atomic E-state index is 11.9. The van der Waals surface area contributed by atoms with E-state index in [-0.39, 0.29) is 30.8 Å². The number of carbonyl (C=O) groups is 2. The van der Waals surface area contributed by atoms with E-state index in [0.29, 0.717) is 18.7 Å². The van der Waals surface area contributed by atoms with Crippen molar-refractivity contribution in [3.8, 4) is 5.69 Å². The lowest BCUT2D eigenvalue weighted by Gasteiger charge is -2.08. The normalized spacial score (nSPS) is 10.0. The molecule has 0 spiro atoms. The molecule has 0 bridgehead atoms. The number of aromatic nitrogens is 2. The zero-order valence-corrected chi connectivity index (χ0v) is 15.5. The number of carbonyl (C=O) groups excluding carboxylic acids is 2. The number of nitrogens with zero attached hydrogens (tertiary/aromatic N) is 2. The van der Waals surface area contributed by atoms with Crippen molar-refractivity contribution in [2.24, 2.45) is 5.73 Å². The molecule has 1 heterocycles. The second-order valence-electron chi connectivity index (χ2n) is 5.78. The van der Waals surface area contributed by atoms with Crippen LogP contribution in [0, 0.1) is 0 Å². The number of benzene rings is 1. The first-order valence-corrected chi connectivity index (χ1v) is 8.56. The quantitative estimate of drug-likeness (QED) is 0.551. The van der Waals surface area contributed by atoms with Crippen molar-refractivity contribution >= 4 is 29.9 Å². The molecule has 0 atom stereocenters. The smallest absolute Gasteiger partial charge is 0.243 e. The highest BCUT2D eigenvalue weighted by Crippen LogP contribution is 2.12. The Morgan fingerprint density at radius 1 is 1.04 bits per heavy atom. The van der Waals surface area contributed by atoms with Crippen molar-refractivity contribution in [1.29, 1.82) is 0 Å². The Balaban J connectivity index is 0.00000338. The summed E-state index contributed by atoms with van der Waals surface area (Å²) < 4.78 is 1.74. The summed E-state index contributed by atoms with van der Waals surface area (Å²) in [5.41, 5.74) is 7.01. The number of nitrogens with two attached hydrogens (primary N) is 1. The van der Waals surface area contributed by atoms with Crippen molar-refractivity contribution in [1.82, 2.24) is 15.1 Å². The number of unbranched alkanes of at least 4 members (excludes halogenated alkanes) is 3. The zero-order chi connectivity index (χ0) is 17.9. The zero-order valence-electron chi connectivity index (χ0n) is 14.7. The molecule has 0 saturated carbocycles. The van der Waals surface area contributed by atoms with Gasteiger partial charge < -0.3 is 16.4 Å². The Morgan fingerprint density at radius 2 is 1.77 bits per heavy atom. The van der Waals surface area contributed by atoms with E-state index in [1.807, 2.05) is 24.4 Å². The van der Waals surface area contributed by atoms with Crippen molar-refractivity contribution < 1.29 is 9.59 Å². The minimum Gasteiger partial charge on any atom is -0.347 e. The van der Waals surface area contributed by atoms with Crippen molar-refractivity contribution in [3.63, 3.8) is 0 Å². The third-order valence-corrected chi connectivity index (χ3v) is 3.72. The van der Waals surface area contributed by atoms with Crippen LogP contribution in [-0.2, 0) is 9.59 Å². The molecule has 0 aliphatic rings. The van der Waals surface area contributed by atoms with Crippen LogP contribution in [0.15, 0.2) is 42.7 Å². The summed E-state index contributed by atoms with van der Waals surface area (Å²) in [6, 6.07) is 9.17. The van der Waals surface area contributed by atoms with E-state index >= 15 is 0 Å². The number of amides is 2. The topological polar surface area (TPSA) is 102 Å². The average molecular weight is 380 g/mol. The monoisotopic (exact) mass is 379 g/mol. The van der Waals surface area contributed by atoms with Gasteiger partial charge in [0, 0.05) is 24.5 Å². The number of rotatable bonds is 10. The molecule has 2 rings (SSSR count). The van der Waals surface area contributed by atoms with Crippen LogP contribution in [0.25, 0.3) is 5.69 Å². The minimum atomic E-state index is -0.247. The van der Waals surface area contributed by atoms with Gasteiger partial charge in [-0.2, -0.15) is 5.10 Å². The Kier molecular flexibility index (Phi) is 10.0. The molecule has 0 radical (unpaired) electrons. The summed E-state index contributed by atoms with van der Waals surface area (Å²) in [6.07, 6.45) is 7.83. The molecule has 7 nitrogen and oxygen atoms in total. The van der Waals surface area contributed by atoms with Gasteiger partial charge in [-0.25, -0.2) is 4.68 Å². The lowest BCUT2D eigenvalue weighted by atomic mass is 10.1. The molecular weight excluding hydrogens is 354 g/mol. The third kappa shape index (κ3) is 7.67. The summed E-state index contributed by atoms with van der Waals surface area (Å²) in [5.74, 6) is -0.347. The second-order valence-corrected chi connectivity index (χ2v) is 5.78. The predicted molar refractivity (Wildman–Crippen MR) is 105 cm³/mol. The highest BCUT2D eigenvalue weighted by molar-refractivity contribution is 5.94. The largest absolute Gasteiger partial charge is 0.347 e. The molecule has 2 amide bonds. The van der Waals surface area contributed by atoms with E-state index in [4.69, 9.17) is 5.73 Å². The van der Waals surface area contributed by atoms with Gasteiger partial charge in [0.1, 0.15) is 0 Å². The molecule has 4 N–H and O–H groups in total. The van der Waals surface area contributed by atoms with E-state index in [0.717, 1.165) is 31.4 Å². The van der Waals surface area contributed by atoms with Crippen LogP contribution in [0.5, 0.6) is 0 Å². The van der Waals surface area contributed by atoms with E-state index in [1.54, 1.807) is 23.0 Å². The van der Waals surface area contributed by atoms with Gasteiger partial charge in [0.25, 0.3) is 0 Å². The number of nitrogens with one attached hydrogen (secondary N) is 2. The minimum absolute atomic E-state index is 0. The first kappa shape index (κ1) is 21.7. The van der Waals surface area contributed by atoms with E-state index in [1.165, 1.54) is 0 Å². The van der Waals surface area contributed by atoms with Crippen molar-refractivity contribution in [2.75, 3.05) is 18.4 Å². The van der Waals surface area contributed by atoms with Crippen LogP contribution in [0.4, 0.5) is 5.69 Å². The maximum Gasteiger partial charge on any atom is 0.243 e. The standard InChI is InChI=1S/C18H25N5O2.ClH/c19-11-4-2-1-3-6-17(24)20-14-18(25)22-15-7-9-16(10-8-15)23-13-5-12-21-23;/h5,7-10,12-13H,1-4,6,11,14,19H2,(H,20,24)(H,22,25);1H. The Morgan fingerprint density at radius 3 is 2.42 bits per heavy atom. The van der Waals surface area contributed by atoms with Gasteiger partial charge in [-0.1, -0.05) is 12.8 Å². The Bertz CT molecular complexity index is 659. The lowest BCUT2D eigenvalue weighted by Crippen LogP contribution is -2.32. The molecular formula is C18H26ClN5O2. The lowest BCUT2D eigenvalue weighted by molar-refractivity contribution is -0.124. The first-order valence-electron chi connectivity index (χ1n) is 8.56. The fourth-order valence-electron chi connectivity index (χ4n) is 2.37. The highest BCUT2D eigenvalue weighted by atomic mass is 35.5. The molecule has 0 saturated heterocycles. The van der Waals surface area contributed by atoms with Gasteiger partial charge in [0.15, 0.2) is 0 Å². The fourth-order valence-corrected chi connectivity index (χ4v) is 2.37. The summed E-state index contributed by atoms with van der Waals surface area (Å²) in [4.78, 5) is 23.6. The van der Waals surface area contributed by atoms with Gasteiger partial charge in [-0.15, -0.1) is 12.4 Å². The molecule has 26 heavy (non-hydrogen) atoms. The Labute approximate surface area is 159 Å². The molecule has 8 heteroatoms. The van der Waals surface area contributed by atoms with Crippen LogP contribution in [0.1, 0.15) is 32.1 Å². The number of hydrogen-bond donors (Lipinski definition) is 3. The van der Waals surface area contributed by atoms with Crippen LogP contribution in [0.2, 0.25) is 0 Å². The van der Waals surface area contributed by atoms with Crippen LogP contribution in [0.3, 0.4) is 0 Å². The number of hydrogen-bond acceptors (Lipinski definition) is 4. The maximum atomic E-state index is 11.9. The van der Waals surface area contributed by atoms with Crippen molar-refractivity contribution in [3.05, 3.63) is 42.7 Å². The van der Waals surface area contributed by atoms with E-state index < -0.39 is 0 Å². The average Bonchev–Trinajstić information content (AvgIpc) is 3.15. The fraction of sp³-hybridized carbons (Fsp3) is 0.389. The molecule has 0 fully saturated rings. The van der Waals surface area contributed by atoms with Crippen LogP contribution >= 0.6 is 12.4 Å². The Hall–Kier alpha value is -2.38. The molecule has 2 aromatic rings. The van der Waals surface area contributed by atoms with Gasteiger partial charge in [0.2, 0.25) is 11.8 Å². The summed E-state index contributed by atoms with van der Waals surface area (Å²) in [6.45, 7) is 0.665.